The Morgan fingerprint density at radius 1 is 1.32 bits per heavy atom. The summed E-state index contributed by atoms with van der Waals surface area (Å²) in [5.41, 5.74) is 3.36. The van der Waals surface area contributed by atoms with Crippen LogP contribution in [0.5, 0.6) is 0 Å². The maximum Gasteiger partial charge on any atom is 0.237 e. The second-order valence-electron chi connectivity index (χ2n) is 5.00. The van der Waals surface area contributed by atoms with Crippen molar-refractivity contribution in [3.63, 3.8) is 0 Å². The molecule has 0 radical (unpaired) electrons. The van der Waals surface area contributed by atoms with Crippen LogP contribution in [-0.4, -0.2) is 30.4 Å². The van der Waals surface area contributed by atoms with Gasteiger partial charge in [0.2, 0.25) is 5.91 Å². The zero-order valence-electron chi connectivity index (χ0n) is 10.9. The molecule has 1 fully saturated rings. The zero-order valence-corrected chi connectivity index (χ0v) is 10.9. The number of carbonyl (C=O) groups excluding carboxylic acids is 1. The standard InChI is InChI=1S/C14H20FN3O/c15-13-3-1-11(2-4-13)5-8-18-9-6-12(7-10-18)14(19)17-16/h1-4,12H,5-10,16H2,(H,17,19). The molecule has 5 heteroatoms. The van der Waals surface area contributed by atoms with Gasteiger partial charge in [0.15, 0.2) is 0 Å². The first-order chi connectivity index (χ1) is 9.19. The van der Waals surface area contributed by atoms with Crippen LogP contribution in [-0.2, 0) is 11.2 Å². The maximum atomic E-state index is 12.8. The summed E-state index contributed by atoms with van der Waals surface area (Å²) in [6, 6.07) is 6.63. The van der Waals surface area contributed by atoms with Gasteiger partial charge in [-0.25, -0.2) is 10.2 Å². The van der Waals surface area contributed by atoms with Crippen molar-refractivity contribution in [1.82, 2.24) is 10.3 Å². The number of amides is 1. The van der Waals surface area contributed by atoms with Crippen LogP contribution >= 0.6 is 0 Å². The number of hydrazine groups is 1. The number of carbonyl (C=O) groups is 1. The molecule has 0 saturated carbocycles. The summed E-state index contributed by atoms with van der Waals surface area (Å²) in [5, 5.41) is 0. The van der Waals surface area contributed by atoms with Crippen LogP contribution in [0.2, 0.25) is 0 Å². The molecule has 1 aliphatic rings. The van der Waals surface area contributed by atoms with Gasteiger partial charge in [-0.3, -0.25) is 10.2 Å². The van der Waals surface area contributed by atoms with Crippen molar-refractivity contribution in [1.29, 1.82) is 0 Å². The van der Waals surface area contributed by atoms with Crippen molar-refractivity contribution < 1.29 is 9.18 Å². The van der Waals surface area contributed by atoms with Gasteiger partial charge >= 0.3 is 0 Å². The monoisotopic (exact) mass is 265 g/mol. The third-order valence-corrected chi connectivity index (χ3v) is 3.73. The van der Waals surface area contributed by atoms with Crippen LogP contribution in [0.3, 0.4) is 0 Å². The number of hydrogen-bond acceptors (Lipinski definition) is 3. The molecular formula is C14H20FN3O. The number of likely N-dealkylation sites (tertiary alicyclic amines) is 1. The Kier molecular flexibility index (Phi) is 4.87. The number of nitrogens with zero attached hydrogens (tertiary/aromatic N) is 1. The highest BCUT2D eigenvalue weighted by Gasteiger charge is 2.23. The quantitative estimate of drug-likeness (QED) is 0.486. The molecule has 1 saturated heterocycles. The Hall–Kier alpha value is -1.46. The van der Waals surface area contributed by atoms with Crippen molar-refractivity contribution in [3.05, 3.63) is 35.6 Å². The van der Waals surface area contributed by atoms with Crippen LogP contribution in [0.25, 0.3) is 0 Å². The van der Waals surface area contributed by atoms with Gasteiger partial charge in [0.05, 0.1) is 0 Å². The molecule has 1 aromatic carbocycles. The lowest BCUT2D eigenvalue weighted by Crippen LogP contribution is -2.43. The minimum Gasteiger partial charge on any atom is -0.303 e. The van der Waals surface area contributed by atoms with Crippen LogP contribution in [0.1, 0.15) is 18.4 Å². The molecule has 0 aliphatic carbocycles. The lowest BCUT2D eigenvalue weighted by atomic mass is 9.96. The normalized spacial score (nSPS) is 17.4. The molecule has 1 heterocycles. The second-order valence-corrected chi connectivity index (χ2v) is 5.00. The fourth-order valence-corrected chi connectivity index (χ4v) is 2.47. The first kappa shape index (κ1) is 14.0. The average molecular weight is 265 g/mol. The first-order valence-electron chi connectivity index (χ1n) is 6.66. The Morgan fingerprint density at radius 2 is 1.95 bits per heavy atom. The van der Waals surface area contributed by atoms with Crippen LogP contribution in [0.4, 0.5) is 4.39 Å². The molecule has 0 atom stereocenters. The van der Waals surface area contributed by atoms with Gasteiger partial charge in [-0.05, 0) is 50.0 Å². The third-order valence-electron chi connectivity index (χ3n) is 3.73. The summed E-state index contributed by atoms with van der Waals surface area (Å²) in [5.74, 6) is 4.93. The van der Waals surface area contributed by atoms with E-state index in [1.165, 1.54) is 12.1 Å². The number of halogens is 1. The molecule has 19 heavy (non-hydrogen) atoms. The maximum absolute atomic E-state index is 12.8. The number of benzene rings is 1. The lowest BCUT2D eigenvalue weighted by Gasteiger charge is -2.30. The summed E-state index contributed by atoms with van der Waals surface area (Å²) in [6.07, 6.45) is 2.62. The van der Waals surface area contributed by atoms with Crippen molar-refractivity contribution in [2.24, 2.45) is 11.8 Å². The fourth-order valence-electron chi connectivity index (χ4n) is 2.47. The molecule has 4 nitrogen and oxygen atoms in total. The molecule has 0 spiro atoms. The van der Waals surface area contributed by atoms with Crippen LogP contribution in [0, 0.1) is 11.7 Å². The van der Waals surface area contributed by atoms with E-state index in [1.54, 1.807) is 0 Å². The molecule has 2 rings (SSSR count). The fraction of sp³-hybridized carbons (Fsp3) is 0.500. The Morgan fingerprint density at radius 3 is 2.53 bits per heavy atom. The second kappa shape index (κ2) is 6.63. The average Bonchev–Trinajstić information content (AvgIpc) is 2.46. The molecule has 3 N–H and O–H groups in total. The molecule has 104 valence electrons. The molecule has 1 aliphatic heterocycles. The third kappa shape index (κ3) is 4.01. The van der Waals surface area contributed by atoms with Crippen molar-refractivity contribution in [2.45, 2.75) is 19.3 Å². The van der Waals surface area contributed by atoms with Crippen LogP contribution < -0.4 is 11.3 Å². The molecule has 1 amide bonds. The molecule has 1 aromatic rings. The highest BCUT2D eigenvalue weighted by atomic mass is 19.1. The van der Waals surface area contributed by atoms with Crippen molar-refractivity contribution in [3.8, 4) is 0 Å². The predicted molar refractivity (Wildman–Crippen MR) is 71.6 cm³/mol. The van der Waals surface area contributed by atoms with Gasteiger partial charge in [-0.15, -0.1) is 0 Å². The number of piperidine rings is 1. The molecule has 0 bridgehead atoms. The van der Waals surface area contributed by atoms with Gasteiger partial charge < -0.3 is 4.90 Å². The summed E-state index contributed by atoms with van der Waals surface area (Å²) in [6.45, 7) is 2.78. The highest BCUT2D eigenvalue weighted by molar-refractivity contribution is 5.78. The SMILES string of the molecule is NNC(=O)C1CCN(CCc2ccc(F)cc2)CC1. The predicted octanol–water partition coefficient (Wildman–Crippen LogP) is 1.07. The summed E-state index contributed by atoms with van der Waals surface area (Å²) in [4.78, 5) is 13.7. The van der Waals surface area contributed by atoms with E-state index in [1.807, 2.05) is 12.1 Å². The zero-order chi connectivity index (χ0) is 13.7. The topological polar surface area (TPSA) is 58.4 Å². The minimum atomic E-state index is -0.197. The largest absolute Gasteiger partial charge is 0.303 e. The first-order valence-corrected chi connectivity index (χ1v) is 6.66. The van der Waals surface area contributed by atoms with E-state index in [-0.39, 0.29) is 17.6 Å². The van der Waals surface area contributed by atoms with E-state index in [0.717, 1.165) is 44.5 Å². The summed E-state index contributed by atoms with van der Waals surface area (Å²) >= 11 is 0. The summed E-state index contributed by atoms with van der Waals surface area (Å²) < 4.78 is 12.8. The van der Waals surface area contributed by atoms with Crippen LogP contribution in [0.15, 0.2) is 24.3 Å². The Balaban J connectivity index is 1.74. The van der Waals surface area contributed by atoms with E-state index in [4.69, 9.17) is 5.84 Å². The van der Waals surface area contributed by atoms with Gasteiger partial charge in [-0.2, -0.15) is 0 Å². The number of hydrogen-bond donors (Lipinski definition) is 2. The number of nitrogens with two attached hydrogens (primary N) is 1. The minimum absolute atomic E-state index is 0.0482. The molecule has 0 unspecified atom stereocenters. The smallest absolute Gasteiger partial charge is 0.237 e. The molecule has 0 aromatic heterocycles. The van der Waals surface area contributed by atoms with Gasteiger partial charge in [0, 0.05) is 12.5 Å². The van der Waals surface area contributed by atoms with Crippen molar-refractivity contribution in [2.75, 3.05) is 19.6 Å². The van der Waals surface area contributed by atoms with E-state index < -0.39 is 0 Å². The van der Waals surface area contributed by atoms with Gasteiger partial charge in [0.1, 0.15) is 5.82 Å². The van der Waals surface area contributed by atoms with E-state index >= 15 is 0 Å². The summed E-state index contributed by atoms with van der Waals surface area (Å²) in [7, 11) is 0. The number of rotatable bonds is 4. The van der Waals surface area contributed by atoms with E-state index in [0.29, 0.717) is 0 Å². The Bertz CT molecular complexity index is 413. The Labute approximate surface area is 112 Å². The number of nitrogens with one attached hydrogen (secondary N) is 1. The van der Waals surface area contributed by atoms with Gasteiger partial charge in [0.25, 0.3) is 0 Å². The molecular weight excluding hydrogens is 245 g/mol. The lowest BCUT2D eigenvalue weighted by molar-refractivity contribution is -0.126. The van der Waals surface area contributed by atoms with E-state index in [9.17, 15) is 9.18 Å². The highest BCUT2D eigenvalue weighted by Crippen LogP contribution is 2.17. The van der Waals surface area contributed by atoms with Gasteiger partial charge in [-0.1, -0.05) is 12.1 Å². The van der Waals surface area contributed by atoms with E-state index in [2.05, 4.69) is 10.3 Å². The van der Waals surface area contributed by atoms with Crippen molar-refractivity contribution >= 4 is 5.91 Å².